The van der Waals surface area contributed by atoms with Gasteiger partial charge in [0.25, 0.3) is 0 Å². The number of aliphatic hydroxyl groups excluding tert-OH is 1. The summed E-state index contributed by atoms with van der Waals surface area (Å²) in [5.41, 5.74) is -0.662. The van der Waals surface area contributed by atoms with Crippen LogP contribution in [0.3, 0.4) is 0 Å². The molecule has 0 radical (unpaired) electrons. The minimum atomic E-state index is -1.20. The summed E-state index contributed by atoms with van der Waals surface area (Å²) in [5.74, 6) is -2.35. The number of likely N-dealkylation sites (tertiary alicyclic amines) is 1. The molecule has 2 bridgehead atoms. The van der Waals surface area contributed by atoms with Crippen LogP contribution in [0.15, 0.2) is 54.6 Å². The van der Waals surface area contributed by atoms with E-state index in [4.69, 9.17) is 14.2 Å². The highest BCUT2D eigenvalue weighted by molar-refractivity contribution is 6.03. The van der Waals surface area contributed by atoms with Crippen molar-refractivity contribution in [3.05, 3.63) is 60.2 Å². The highest BCUT2D eigenvalue weighted by Crippen LogP contribution is 2.63. The highest BCUT2D eigenvalue weighted by atomic mass is 16.6. The van der Waals surface area contributed by atoms with E-state index in [0.717, 1.165) is 5.56 Å². The fourth-order valence-corrected chi connectivity index (χ4v) is 6.67. The molecule has 3 aliphatic rings. The van der Waals surface area contributed by atoms with E-state index >= 15 is 0 Å². The number of carbonyl (C=O) groups is 3. The number of ether oxygens (including phenoxy) is 3. The quantitative estimate of drug-likeness (QED) is 0.487. The maximum absolute atomic E-state index is 14.2. The molecule has 5 rings (SSSR count). The van der Waals surface area contributed by atoms with Gasteiger partial charge in [0, 0.05) is 5.69 Å². The van der Waals surface area contributed by atoms with Crippen LogP contribution in [0.25, 0.3) is 0 Å². The zero-order valence-corrected chi connectivity index (χ0v) is 21.9. The molecule has 202 valence electrons. The van der Waals surface area contributed by atoms with E-state index in [-0.39, 0.29) is 19.1 Å². The Morgan fingerprint density at radius 1 is 1.16 bits per heavy atom. The minimum absolute atomic E-state index is 0.178. The Morgan fingerprint density at radius 3 is 2.50 bits per heavy atom. The van der Waals surface area contributed by atoms with E-state index in [9.17, 15) is 19.5 Å². The van der Waals surface area contributed by atoms with Gasteiger partial charge in [-0.3, -0.25) is 14.4 Å². The van der Waals surface area contributed by atoms with Gasteiger partial charge in [0.05, 0.1) is 37.9 Å². The molecule has 9 heteroatoms. The summed E-state index contributed by atoms with van der Waals surface area (Å²) < 4.78 is 17.2. The maximum Gasteiger partial charge on any atom is 0.312 e. The van der Waals surface area contributed by atoms with E-state index in [2.05, 4.69) is 5.32 Å². The largest absolute Gasteiger partial charge is 0.497 e. The number of nitrogens with zero attached hydrogens (tertiary/aromatic N) is 1. The predicted octanol–water partition coefficient (Wildman–Crippen LogP) is 2.57. The average Bonchev–Trinajstić information content (AvgIpc) is 3.49. The molecule has 2 unspecified atom stereocenters. The van der Waals surface area contributed by atoms with Crippen molar-refractivity contribution < 1.29 is 33.7 Å². The lowest BCUT2D eigenvalue weighted by Gasteiger charge is -2.37. The van der Waals surface area contributed by atoms with Crippen molar-refractivity contribution in [2.24, 2.45) is 11.8 Å². The molecule has 6 atom stereocenters. The summed E-state index contributed by atoms with van der Waals surface area (Å²) in [5, 5.41) is 13.4. The van der Waals surface area contributed by atoms with Gasteiger partial charge in [-0.25, -0.2) is 0 Å². The Hall–Kier alpha value is -3.43. The van der Waals surface area contributed by atoms with Gasteiger partial charge >= 0.3 is 5.97 Å². The van der Waals surface area contributed by atoms with Crippen LogP contribution in [0.2, 0.25) is 0 Å². The first-order chi connectivity index (χ1) is 18.3. The molecule has 0 aliphatic carbocycles. The molecule has 9 nitrogen and oxygen atoms in total. The molecule has 2 aromatic carbocycles. The maximum atomic E-state index is 14.2. The Labute approximate surface area is 222 Å². The number of hydrogen-bond donors (Lipinski definition) is 2. The first kappa shape index (κ1) is 26.2. The Kier molecular flexibility index (Phi) is 6.92. The van der Waals surface area contributed by atoms with Crippen molar-refractivity contribution >= 4 is 23.5 Å². The number of anilines is 1. The number of aliphatic hydroxyl groups is 1. The van der Waals surface area contributed by atoms with Crippen LogP contribution in [0.5, 0.6) is 5.75 Å². The molecular weight excluding hydrogens is 488 g/mol. The molecule has 3 saturated heterocycles. The molecule has 3 fully saturated rings. The van der Waals surface area contributed by atoms with E-state index in [1.807, 2.05) is 37.3 Å². The standard InChI is InChI=1S/C29H34N2O7/c1-4-37-27(35)23-22-26(34)31(20(17-32)16-18-8-6-5-7-9-18)24(29(22)15-14-28(23,2)38-29)25(33)30-19-10-12-21(36-3)13-11-19/h5-13,20,22-24,32H,4,14-17H2,1-3H3,(H,30,33)/t20-,22+,23+,24?,28-,29?/m1/s1. The number of nitrogens with one attached hydrogen (secondary N) is 1. The summed E-state index contributed by atoms with van der Waals surface area (Å²) >= 11 is 0. The zero-order chi connectivity index (χ0) is 27.1. The minimum Gasteiger partial charge on any atom is -0.497 e. The Balaban J connectivity index is 1.55. The number of rotatable bonds is 9. The summed E-state index contributed by atoms with van der Waals surface area (Å²) in [6.45, 7) is 3.37. The average molecular weight is 523 g/mol. The van der Waals surface area contributed by atoms with Gasteiger partial charge in [0.2, 0.25) is 11.8 Å². The molecule has 2 N–H and O–H groups in total. The van der Waals surface area contributed by atoms with Crippen molar-refractivity contribution in [2.45, 2.75) is 56.4 Å². The van der Waals surface area contributed by atoms with Gasteiger partial charge in [0.15, 0.2) is 0 Å². The van der Waals surface area contributed by atoms with Gasteiger partial charge in [-0.2, -0.15) is 0 Å². The summed E-state index contributed by atoms with van der Waals surface area (Å²) in [6.07, 6.45) is 1.30. The van der Waals surface area contributed by atoms with E-state index in [1.54, 1.807) is 38.3 Å². The van der Waals surface area contributed by atoms with Crippen molar-refractivity contribution in [3.63, 3.8) is 0 Å². The van der Waals surface area contributed by atoms with Crippen LogP contribution >= 0.6 is 0 Å². The molecule has 0 saturated carbocycles. The zero-order valence-electron chi connectivity index (χ0n) is 21.9. The summed E-state index contributed by atoms with van der Waals surface area (Å²) in [7, 11) is 1.56. The first-order valence-corrected chi connectivity index (χ1v) is 13.1. The second-order valence-electron chi connectivity index (χ2n) is 10.5. The summed E-state index contributed by atoms with van der Waals surface area (Å²) in [4.78, 5) is 42.8. The molecule has 2 amide bonds. The van der Waals surface area contributed by atoms with Crippen LogP contribution in [-0.2, 0) is 30.3 Å². The Bertz CT molecular complexity index is 1200. The third kappa shape index (κ3) is 4.14. The normalized spacial score (nSPS) is 30.2. The number of methoxy groups -OCH3 is 1. The fraction of sp³-hybridized carbons (Fsp3) is 0.483. The number of amides is 2. The van der Waals surface area contributed by atoms with Crippen LogP contribution in [0.4, 0.5) is 5.69 Å². The number of carbonyl (C=O) groups excluding carboxylic acids is 3. The van der Waals surface area contributed by atoms with E-state index in [0.29, 0.717) is 30.7 Å². The number of benzene rings is 2. The van der Waals surface area contributed by atoms with Crippen molar-refractivity contribution in [2.75, 3.05) is 25.6 Å². The molecular formula is C29H34N2O7. The number of esters is 1. The van der Waals surface area contributed by atoms with Gasteiger partial charge in [-0.1, -0.05) is 30.3 Å². The molecule has 38 heavy (non-hydrogen) atoms. The molecule has 3 heterocycles. The number of hydrogen-bond acceptors (Lipinski definition) is 7. The monoisotopic (exact) mass is 522 g/mol. The van der Waals surface area contributed by atoms with Gasteiger partial charge in [-0.15, -0.1) is 0 Å². The third-order valence-electron chi connectivity index (χ3n) is 8.28. The van der Waals surface area contributed by atoms with E-state index in [1.165, 1.54) is 4.90 Å². The molecule has 0 aromatic heterocycles. The van der Waals surface area contributed by atoms with Crippen molar-refractivity contribution in [3.8, 4) is 5.75 Å². The predicted molar refractivity (Wildman–Crippen MR) is 138 cm³/mol. The van der Waals surface area contributed by atoms with Crippen LogP contribution in [-0.4, -0.2) is 71.4 Å². The SMILES string of the molecule is CCOC(=O)[C@@H]1[C@H]2C(=O)N([C@@H](CO)Cc3ccccc3)C(C(=O)Nc3ccc(OC)cc3)C23CC[C@@]1(C)O3. The van der Waals surface area contributed by atoms with E-state index < -0.39 is 47.0 Å². The lowest BCUT2D eigenvalue weighted by atomic mass is 9.66. The molecule has 1 spiro atoms. The van der Waals surface area contributed by atoms with Crippen LogP contribution < -0.4 is 10.1 Å². The van der Waals surface area contributed by atoms with Crippen molar-refractivity contribution in [1.82, 2.24) is 4.90 Å². The molecule has 3 aliphatic heterocycles. The smallest absolute Gasteiger partial charge is 0.312 e. The second kappa shape index (κ2) is 10.0. The van der Waals surface area contributed by atoms with Crippen molar-refractivity contribution in [1.29, 1.82) is 0 Å². The van der Waals surface area contributed by atoms with Crippen LogP contribution in [0, 0.1) is 11.8 Å². The topological polar surface area (TPSA) is 114 Å². The number of fused-ring (bicyclic) bond motifs is 1. The van der Waals surface area contributed by atoms with Crippen LogP contribution in [0.1, 0.15) is 32.3 Å². The second-order valence-corrected chi connectivity index (χ2v) is 10.5. The van der Waals surface area contributed by atoms with Gasteiger partial charge < -0.3 is 29.5 Å². The third-order valence-corrected chi connectivity index (χ3v) is 8.28. The fourth-order valence-electron chi connectivity index (χ4n) is 6.67. The lowest BCUT2D eigenvalue weighted by Crippen LogP contribution is -2.57. The summed E-state index contributed by atoms with van der Waals surface area (Å²) in [6, 6.07) is 14.7. The van der Waals surface area contributed by atoms with Gasteiger partial charge in [0.1, 0.15) is 23.3 Å². The Morgan fingerprint density at radius 2 is 1.87 bits per heavy atom. The first-order valence-electron chi connectivity index (χ1n) is 13.1. The lowest BCUT2D eigenvalue weighted by molar-refractivity contribution is -0.160. The highest BCUT2D eigenvalue weighted by Gasteiger charge is 2.78. The molecule has 2 aromatic rings. The van der Waals surface area contributed by atoms with Gasteiger partial charge in [-0.05, 0) is 62.9 Å².